The van der Waals surface area contributed by atoms with E-state index >= 15 is 0 Å². The first-order chi connectivity index (χ1) is 14.1. The van der Waals surface area contributed by atoms with Crippen LogP contribution < -0.4 is 14.3 Å². The van der Waals surface area contributed by atoms with Crippen LogP contribution >= 0.6 is 23.1 Å². The van der Waals surface area contributed by atoms with Gasteiger partial charge in [-0.3, -0.25) is 4.79 Å². The molecule has 0 spiro atoms. The molecule has 8 heteroatoms. The molecule has 1 heterocycles. The molecule has 3 rings (SSSR count). The van der Waals surface area contributed by atoms with Crippen molar-refractivity contribution in [1.82, 2.24) is 4.57 Å². The minimum absolute atomic E-state index is 0.129. The molecule has 0 fully saturated rings. The highest BCUT2D eigenvalue weighted by Crippen LogP contribution is 2.24. The number of nitrogens with zero attached hydrogens (tertiary/aromatic N) is 2. The maximum atomic E-state index is 12.5. The molecule has 2 aromatic carbocycles. The van der Waals surface area contributed by atoms with E-state index in [9.17, 15) is 4.79 Å². The normalized spacial score (nSPS) is 11.8. The van der Waals surface area contributed by atoms with Gasteiger partial charge in [-0.05, 0) is 42.5 Å². The first kappa shape index (κ1) is 21.4. The molecule has 0 N–H and O–H groups in total. The van der Waals surface area contributed by atoms with Gasteiger partial charge in [0.15, 0.2) is 4.80 Å². The smallest absolute Gasteiger partial charge is 0.249 e. The van der Waals surface area contributed by atoms with Crippen LogP contribution in [0.3, 0.4) is 0 Å². The Balaban J connectivity index is 1.73. The van der Waals surface area contributed by atoms with Crippen molar-refractivity contribution >= 4 is 39.2 Å². The molecule has 0 aliphatic heterocycles. The summed E-state index contributed by atoms with van der Waals surface area (Å²) in [7, 11) is 4.95. The molecule has 29 heavy (non-hydrogen) atoms. The van der Waals surface area contributed by atoms with Gasteiger partial charge < -0.3 is 18.8 Å². The summed E-state index contributed by atoms with van der Waals surface area (Å²) in [4.78, 5) is 18.6. The molecule has 1 aromatic heterocycles. The van der Waals surface area contributed by atoms with E-state index in [-0.39, 0.29) is 5.91 Å². The van der Waals surface area contributed by atoms with Gasteiger partial charge in [0, 0.05) is 30.7 Å². The predicted octanol–water partition coefficient (Wildman–Crippen LogP) is 3.98. The van der Waals surface area contributed by atoms with Crippen molar-refractivity contribution < 1.29 is 19.0 Å². The van der Waals surface area contributed by atoms with E-state index in [2.05, 4.69) is 4.99 Å². The molecule has 0 radical (unpaired) electrons. The summed E-state index contributed by atoms with van der Waals surface area (Å²) in [5.74, 6) is 2.15. The largest absolute Gasteiger partial charge is 0.497 e. The average Bonchev–Trinajstić information content (AvgIpc) is 3.08. The zero-order valence-corrected chi connectivity index (χ0v) is 18.3. The third-order valence-electron chi connectivity index (χ3n) is 4.27. The van der Waals surface area contributed by atoms with Crippen molar-refractivity contribution in [3.05, 3.63) is 47.3 Å². The summed E-state index contributed by atoms with van der Waals surface area (Å²) in [5, 5.41) is 0. The van der Waals surface area contributed by atoms with E-state index in [4.69, 9.17) is 14.2 Å². The van der Waals surface area contributed by atoms with E-state index in [0.717, 1.165) is 26.6 Å². The third-order valence-corrected chi connectivity index (χ3v) is 6.33. The van der Waals surface area contributed by atoms with Crippen molar-refractivity contribution in [2.24, 2.45) is 4.99 Å². The number of rotatable bonds is 9. The number of hydrogen-bond donors (Lipinski definition) is 0. The second kappa shape index (κ2) is 10.5. The van der Waals surface area contributed by atoms with Crippen LogP contribution in [0.2, 0.25) is 0 Å². The number of methoxy groups -OCH3 is 3. The van der Waals surface area contributed by atoms with E-state index in [1.165, 1.54) is 11.3 Å². The second-order valence-corrected chi connectivity index (χ2v) is 8.32. The predicted molar refractivity (Wildman–Crippen MR) is 117 cm³/mol. The molecular formula is C21H24N2O4S2. The number of carbonyl (C=O) groups excluding carboxylic acids is 1. The molecule has 0 saturated carbocycles. The number of carbonyl (C=O) groups is 1. The quantitative estimate of drug-likeness (QED) is 0.479. The van der Waals surface area contributed by atoms with Crippen LogP contribution in [0.15, 0.2) is 52.4 Å². The van der Waals surface area contributed by atoms with Gasteiger partial charge in [-0.25, -0.2) is 0 Å². The third kappa shape index (κ3) is 5.62. The van der Waals surface area contributed by atoms with E-state index in [0.29, 0.717) is 30.1 Å². The Hall–Kier alpha value is -2.29. The van der Waals surface area contributed by atoms with Crippen LogP contribution in [0, 0.1) is 0 Å². The molecule has 0 atom stereocenters. The number of aromatic nitrogens is 1. The summed E-state index contributed by atoms with van der Waals surface area (Å²) >= 11 is 3.12. The van der Waals surface area contributed by atoms with Crippen LogP contribution in [-0.2, 0) is 16.1 Å². The lowest BCUT2D eigenvalue weighted by Crippen LogP contribution is -2.19. The Bertz CT molecular complexity index is 1030. The first-order valence-electron chi connectivity index (χ1n) is 9.15. The zero-order valence-electron chi connectivity index (χ0n) is 16.7. The van der Waals surface area contributed by atoms with Crippen LogP contribution in [0.1, 0.15) is 6.42 Å². The summed E-state index contributed by atoms with van der Waals surface area (Å²) < 4.78 is 18.7. The molecule has 0 aliphatic carbocycles. The maximum absolute atomic E-state index is 12.5. The summed E-state index contributed by atoms with van der Waals surface area (Å²) in [6.07, 6.45) is 0.374. The Labute approximate surface area is 178 Å². The van der Waals surface area contributed by atoms with Gasteiger partial charge in [0.25, 0.3) is 0 Å². The van der Waals surface area contributed by atoms with Crippen LogP contribution in [0.4, 0.5) is 0 Å². The fraction of sp³-hybridized carbons (Fsp3) is 0.333. The van der Waals surface area contributed by atoms with Gasteiger partial charge in [0.1, 0.15) is 11.5 Å². The summed E-state index contributed by atoms with van der Waals surface area (Å²) in [6, 6.07) is 13.7. The average molecular weight is 433 g/mol. The fourth-order valence-electron chi connectivity index (χ4n) is 2.76. The van der Waals surface area contributed by atoms with Crippen molar-refractivity contribution in [3.63, 3.8) is 0 Å². The minimum Gasteiger partial charge on any atom is -0.497 e. The maximum Gasteiger partial charge on any atom is 0.249 e. The number of fused-ring (bicyclic) bond motifs is 1. The molecular weight excluding hydrogens is 408 g/mol. The van der Waals surface area contributed by atoms with Crippen LogP contribution in [0.25, 0.3) is 10.2 Å². The topological polar surface area (TPSA) is 62.1 Å². The molecule has 154 valence electrons. The lowest BCUT2D eigenvalue weighted by atomic mass is 10.3. The molecule has 0 bridgehead atoms. The Morgan fingerprint density at radius 3 is 2.48 bits per heavy atom. The van der Waals surface area contributed by atoms with Gasteiger partial charge in [-0.15, -0.1) is 11.8 Å². The Morgan fingerprint density at radius 2 is 1.79 bits per heavy atom. The molecule has 0 saturated heterocycles. The number of amides is 1. The first-order valence-corrected chi connectivity index (χ1v) is 11.0. The van der Waals surface area contributed by atoms with E-state index in [1.807, 2.05) is 47.0 Å². The standard InChI is InChI=1S/C21H24N2O4S2/c1-25-12-11-23-18-9-6-16(27-3)14-19(18)29-21(23)22-20(24)10-13-28-17-7-4-15(26-2)5-8-17/h4-9,14H,10-13H2,1-3H3. The van der Waals surface area contributed by atoms with Gasteiger partial charge >= 0.3 is 0 Å². The monoisotopic (exact) mass is 432 g/mol. The Kier molecular flexibility index (Phi) is 7.74. The second-order valence-electron chi connectivity index (χ2n) is 6.14. The summed E-state index contributed by atoms with van der Waals surface area (Å²) in [5.41, 5.74) is 1.02. The van der Waals surface area contributed by atoms with Gasteiger partial charge in [-0.1, -0.05) is 11.3 Å². The van der Waals surface area contributed by atoms with Crippen molar-refractivity contribution in [2.75, 3.05) is 33.7 Å². The molecule has 0 unspecified atom stereocenters. The zero-order chi connectivity index (χ0) is 20.6. The minimum atomic E-state index is -0.129. The van der Waals surface area contributed by atoms with Crippen molar-refractivity contribution in [2.45, 2.75) is 17.9 Å². The van der Waals surface area contributed by atoms with Gasteiger partial charge in [0.05, 0.1) is 31.0 Å². The molecule has 0 aliphatic rings. The van der Waals surface area contributed by atoms with Crippen LogP contribution in [0.5, 0.6) is 11.5 Å². The highest BCUT2D eigenvalue weighted by Gasteiger charge is 2.09. The number of thioether (sulfide) groups is 1. The van der Waals surface area contributed by atoms with Crippen LogP contribution in [-0.4, -0.2) is 44.2 Å². The van der Waals surface area contributed by atoms with E-state index < -0.39 is 0 Å². The molecule has 3 aromatic rings. The fourth-order valence-corrected chi connectivity index (χ4v) is 4.70. The number of thiazole rings is 1. The molecule has 6 nitrogen and oxygen atoms in total. The molecule has 1 amide bonds. The lowest BCUT2D eigenvalue weighted by molar-refractivity contribution is -0.117. The lowest BCUT2D eigenvalue weighted by Gasteiger charge is -2.05. The van der Waals surface area contributed by atoms with Crippen molar-refractivity contribution in [3.8, 4) is 11.5 Å². The number of ether oxygens (including phenoxy) is 3. The van der Waals surface area contributed by atoms with Gasteiger partial charge in [0.2, 0.25) is 5.91 Å². The van der Waals surface area contributed by atoms with E-state index in [1.54, 1.807) is 33.1 Å². The van der Waals surface area contributed by atoms with Gasteiger partial charge in [-0.2, -0.15) is 4.99 Å². The highest BCUT2D eigenvalue weighted by atomic mass is 32.2. The SMILES string of the molecule is COCCn1c(=NC(=O)CCSc2ccc(OC)cc2)sc2cc(OC)ccc21. The Morgan fingerprint density at radius 1 is 1.07 bits per heavy atom. The van der Waals surface area contributed by atoms with Crippen molar-refractivity contribution in [1.29, 1.82) is 0 Å². The number of benzene rings is 2. The summed E-state index contributed by atoms with van der Waals surface area (Å²) in [6.45, 7) is 1.18. The highest BCUT2D eigenvalue weighted by molar-refractivity contribution is 7.99. The number of hydrogen-bond acceptors (Lipinski definition) is 6.